The number of piperidine rings is 1. The zero-order valence-corrected chi connectivity index (χ0v) is 15.4. The number of rotatable bonds is 6. The van der Waals surface area contributed by atoms with E-state index >= 15 is 0 Å². The molecular weight excluding hydrogens is 312 g/mol. The fraction of sp³-hybridized carbons (Fsp3) is 0.619. The van der Waals surface area contributed by atoms with Crippen LogP contribution in [0.25, 0.3) is 0 Å². The molecule has 1 aliphatic carbocycles. The number of hydrogen-bond donors (Lipinski definition) is 1. The number of nitrogens with one attached hydrogen (secondary N) is 1. The largest absolute Gasteiger partial charge is 0.353 e. The summed E-state index contributed by atoms with van der Waals surface area (Å²) < 4.78 is 0. The molecule has 0 spiro atoms. The number of hydrogen-bond acceptors (Lipinski definition) is 2. The van der Waals surface area contributed by atoms with Gasteiger partial charge in [-0.2, -0.15) is 0 Å². The van der Waals surface area contributed by atoms with Crippen molar-refractivity contribution in [2.75, 3.05) is 13.1 Å². The first kappa shape index (κ1) is 18.0. The van der Waals surface area contributed by atoms with Gasteiger partial charge in [-0.3, -0.25) is 9.59 Å². The van der Waals surface area contributed by atoms with Gasteiger partial charge >= 0.3 is 0 Å². The molecule has 25 heavy (non-hydrogen) atoms. The molecule has 0 aromatic heterocycles. The van der Waals surface area contributed by atoms with E-state index in [9.17, 15) is 9.59 Å². The van der Waals surface area contributed by atoms with Crippen molar-refractivity contribution < 1.29 is 9.59 Å². The van der Waals surface area contributed by atoms with E-state index < -0.39 is 0 Å². The highest BCUT2D eigenvalue weighted by molar-refractivity contribution is 5.81. The van der Waals surface area contributed by atoms with Crippen LogP contribution < -0.4 is 5.32 Å². The predicted molar refractivity (Wildman–Crippen MR) is 98.9 cm³/mol. The molecule has 0 radical (unpaired) electrons. The second-order valence-corrected chi connectivity index (χ2v) is 7.92. The summed E-state index contributed by atoms with van der Waals surface area (Å²) in [5.74, 6) is 1.09. The lowest BCUT2D eigenvalue weighted by Crippen LogP contribution is -2.49. The summed E-state index contributed by atoms with van der Waals surface area (Å²) in [5.41, 5.74) is 1.22. The van der Waals surface area contributed by atoms with Crippen LogP contribution in [0.15, 0.2) is 30.3 Å². The molecule has 136 valence electrons. The molecule has 1 aromatic carbocycles. The molecule has 1 aliphatic heterocycles. The first-order chi connectivity index (χ1) is 12.0. The predicted octanol–water partition coefficient (Wildman–Crippen LogP) is 3.02. The third-order valence-corrected chi connectivity index (χ3v) is 5.52. The summed E-state index contributed by atoms with van der Waals surface area (Å²) in [4.78, 5) is 26.9. The van der Waals surface area contributed by atoms with Crippen LogP contribution in [0.5, 0.6) is 0 Å². The van der Waals surface area contributed by atoms with Crippen molar-refractivity contribution in [3.63, 3.8) is 0 Å². The highest BCUT2D eigenvalue weighted by Gasteiger charge is 2.33. The Morgan fingerprint density at radius 3 is 2.28 bits per heavy atom. The van der Waals surface area contributed by atoms with Crippen LogP contribution in [0, 0.1) is 17.8 Å². The Labute approximate surface area is 151 Å². The summed E-state index contributed by atoms with van der Waals surface area (Å²) in [5, 5.41) is 3.16. The van der Waals surface area contributed by atoms with E-state index in [-0.39, 0.29) is 29.7 Å². The lowest BCUT2D eigenvalue weighted by atomic mass is 9.87. The van der Waals surface area contributed by atoms with E-state index in [1.807, 2.05) is 23.1 Å². The minimum Gasteiger partial charge on any atom is -0.353 e. The molecule has 2 aliphatic rings. The quantitative estimate of drug-likeness (QED) is 0.864. The Morgan fingerprint density at radius 1 is 1.08 bits per heavy atom. The van der Waals surface area contributed by atoms with Gasteiger partial charge in [-0.05, 0) is 43.6 Å². The lowest BCUT2D eigenvalue weighted by Gasteiger charge is -2.35. The molecule has 4 heteroatoms. The second-order valence-electron chi connectivity index (χ2n) is 7.92. The molecular formula is C21H30N2O2. The Balaban J connectivity index is 1.53. The number of likely N-dealkylation sites (tertiary alicyclic amines) is 1. The van der Waals surface area contributed by atoms with Crippen LogP contribution in [0.3, 0.4) is 0 Å². The molecule has 1 aromatic rings. The molecule has 1 saturated heterocycles. The standard InChI is InChI=1S/C21H30N2O2/c1-15(2)19(14-16-6-4-3-5-7-16)21(25)23-12-10-18(11-13-23)22-20(24)17-8-9-17/h3-7,15,17-19H,8-14H2,1-2H3,(H,22,24). The summed E-state index contributed by atoms with van der Waals surface area (Å²) in [6.07, 6.45) is 4.63. The van der Waals surface area contributed by atoms with Crippen molar-refractivity contribution in [1.82, 2.24) is 10.2 Å². The van der Waals surface area contributed by atoms with Crippen LogP contribution in [0.1, 0.15) is 45.1 Å². The first-order valence-electron chi connectivity index (χ1n) is 9.67. The molecule has 1 N–H and O–H groups in total. The van der Waals surface area contributed by atoms with E-state index in [1.165, 1.54) is 5.56 Å². The van der Waals surface area contributed by atoms with E-state index in [4.69, 9.17) is 0 Å². The fourth-order valence-corrected chi connectivity index (χ4v) is 3.62. The van der Waals surface area contributed by atoms with Gasteiger partial charge in [0.25, 0.3) is 0 Å². The van der Waals surface area contributed by atoms with Crippen molar-refractivity contribution in [3.05, 3.63) is 35.9 Å². The van der Waals surface area contributed by atoms with Crippen LogP contribution in [-0.4, -0.2) is 35.8 Å². The van der Waals surface area contributed by atoms with Gasteiger partial charge in [0, 0.05) is 31.0 Å². The molecule has 4 nitrogen and oxygen atoms in total. The van der Waals surface area contributed by atoms with E-state index in [0.717, 1.165) is 45.2 Å². The molecule has 1 heterocycles. The Hall–Kier alpha value is -1.84. The molecule has 1 atom stereocenters. The van der Waals surface area contributed by atoms with Crippen molar-refractivity contribution in [3.8, 4) is 0 Å². The number of carbonyl (C=O) groups excluding carboxylic acids is 2. The number of benzene rings is 1. The number of carbonyl (C=O) groups is 2. The third kappa shape index (κ3) is 4.83. The monoisotopic (exact) mass is 342 g/mol. The Morgan fingerprint density at radius 2 is 1.72 bits per heavy atom. The average Bonchev–Trinajstić information content (AvgIpc) is 3.45. The van der Waals surface area contributed by atoms with E-state index in [2.05, 4.69) is 31.3 Å². The first-order valence-corrected chi connectivity index (χ1v) is 9.67. The SMILES string of the molecule is CC(C)C(Cc1ccccc1)C(=O)N1CCC(NC(=O)C2CC2)CC1. The molecule has 3 rings (SSSR count). The summed E-state index contributed by atoms with van der Waals surface area (Å²) in [7, 11) is 0. The Kier molecular flexibility index (Phi) is 5.77. The van der Waals surface area contributed by atoms with Gasteiger partial charge in [-0.15, -0.1) is 0 Å². The van der Waals surface area contributed by atoms with Crippen molar-refractivity contribution >= 4 is 11.8 Å². The maximum absolute atomic E-state index is 13.0. The van der Waals surface area contributed by atoms with Crippen LogP contribution in [0.2, 0.25) is 0 Å². The third-order valence-electron chi connectivity index (χ3n) is 5.52. The van der Waals surface area contributed by atoms with Crippen LogP contribution >= 0.6 is 0 Å². The molecule has 2 amide bonds. The van der Waals surface area contributed by atoms with Gasteiger partial charge in [0.15, 0.2) is 0 Å². The van der Waals surface area contributed by atoms with Crippen LogP contribution in [0.4, 0.5) is 0 Å². The van der Waals surface area contributed by atoms with Gasteiger partial charge in [-0.1, -0.05) is 44.2 Å². The number of nitrogens with zero attached hydrogens (tertiary/aromatic N) is 1. The van der Waals surface area contributed by atoms with Gasteiger partial charge in [0.1, 0.15) is 0 Å². The highest BCUT2D eigenvalue weighted by atomic mass is 16.2. The molecule has 1 unspecified atom stereocenters. The number of amides is 2. The van der Waals surface area contributed by atoms with Crippen LogP contribution in [-0.2, 0) is 16.0 Å². The van der Waals surface area contributed by atoms with Gasteiger partial charge in [-0.25, -0.2) is 0 Å². The van der Waals surface area contributed by atoms with E-state index in [1.54, 1.807) is 0 Å². The van der Waals surface area contributed by atoms with Gasteiger partial charge in [0.05, 0.1) is 0 Å². The van der Waals surface area contributed by atoms with Gasteiger partial charge in [0.2, 0.25) is 11.8 Å². The van der Waals surface area contributed by atoms with Crippen molar-refractivity contribution in [2.24, 2.45) is 17.8 Å². The summed E-state index contributed by atoms with van der Waals surface area (Å²) in [6, 6.07) is 10.5. The second kappa shape index (κ2) is 8.03. The zero-order chi connectivity index (χ0) is 17.8. The minimum atomic E-state index is 0.0278. The van der Waals surface area contributed by atoms with Gasteiger partial charge < -0.3 is 10.2 Å². The zero-order valence-electron chi connectivity index (χ0n) is 15.4. The van der Waals surface area contributed by atoms with Crippen molar-refractivity contribution in [1.29, 1.82) is 0 Å². The minimum absolute atomic E-state index is 0.0278. The molecule has 1 saturated carbocycles. The highest BCUT2D eigenvalue weighted by Crippen LogP contribution is 2.29. The maximum atomic E-state index is 13.0. The Bertz CT molecular complexity index is 587. The maximum Gasteiger partial charge on any atom is 0.226 e. The normalized spacial score (nSPS) is 19.7. The molecule has 0 bridgehead atoms. The topological polar surface area (TPSA) is 49.4 Å². The fourth-order valence-electron chi connectivity index (χ4n) is 3.62. The lowest BCUT2D eigenvalue weighted by molar-refractivity contribution is -0.138. The smallest absolute Gasteiger partial charge is 0.226 e. The average molecular weight is 342 g/mol. The van der Waals surface area contributed by atoms with Crippen molar-refractivity contribution in [2.45, 2.75) is 52.0 Å². The van der Waals surface area contributed by atoms with E-state index in [0.29, 0.717) is 5.92 Å². The summed E-state index contributed by atoms with van der Waals surface area (Å²) >= 11 is 0. The summed E-state index contributed by atoms with van der Waals surface area (Å²) in [6.45, 7) is 5.78. The molecule has 2 fully saturated rings.